The van der Waals surface area contributed by atoms with Crippen LogP contribution >= 0.6 is 0 Å². The number of hydrogen-bond acceptors (Lipinski definition) is 4. The van der Waals surface area contributed by atoms with Crippen LogP contribution in [-0.4, -0.2) is 56.8 Å². The lowest BCUT2D eigenvalue weighted by Gasteiger charge is -2.33. The zero-order chi connectivity index (χ0) is 14.6. The van der Waals surface area contributed by atoms with Crippen LogP contribution in [0.4, 0.5) is 0 Å². The first-order chi connectivity index (χ1) is 8.78. The highest BCUT2D eigenvalue weighted by Crippen LogP contribution is 2.20. The van der Waals surface area contributed by atoms with E-state index in [-0.39, 0.29) is 6.54 Å². The minimum atomic E-state index is -3.46. The zero-order valence-corrected chi connectivity index (χ0v) is 12.9. The Morgan fingerprint density at radius 1 is 1.42 bits per heavy atom. The molecule has 1 atom stereocenters. The van der Waals surface area contributed by atoms with Crippen LogP contribution in [0.2, 0.25) is 0 Å². The first-order valence-electron chi connectivity index (χ1n) is 6.58. The van der Waals surface area contributed by atoms with E-state index in [4.69, 9.17) is 0 Å². The summed E-state index contributed by atoms with van der Waals surface area (Å²) >= 11 is 0. The van der Waals surface area contributed by atoms with E-state index < -0.39 is 22.1 Å². The van der Waals surface area contributed by atoms with Gasteiger partial charge in [0.15, 0.2) is 0 Å². The van der Waals surface area contributed by atoms with Crippen LogP contribution < -0.4 is 0 Å². The zero-order valence-electron chi connectivity index (χ0n) is 12.1. The summed E-state index contributed by atoms with van der Waals surface area (Å²) in [6.45, 7) is 5.05. The van der Waals surface area contributed by atoms with E-state index in [1.54, 1.807) is 6.92 Å². The van der Waals surface area contributed by atoms with Crippen molar-refractivity contribution in [3.63, 3.8) is 0 Å². The second-order valence-corrected chi connectivity index (χ2v) is 7.33. The third-order valence-corrected chi connectivity index (χ3v) is 5.55. The average molecular weight is 292 g/mol. The Kier molecular flexibility index (Phi) is 5.76. The van der Waals surface area contributed by atoms with Crippen molar-refractivity contribution in [2.45, 2.75) is 26.7 Å². The van der Waals surface area contributed by atoms with E-state index in [1.807, 2.05) is 0 Å². The molecule has 0 N–H and O–H groups in total. The Labute approximate surface area is 115 Å². The topological polar surface area (TPSA) is 66.9 Å². The van der Waals surface area contributed by atoms with Gasteiger partial charge in [0.25, 0.3) is 10.2 Å². The van der Waals surface area contributed by atoms with Crippen molar-refractivity contribution >= 4 is 16.2 Å². The van der Waals surface area contributed by atoms with Crippen LogP contribution in [0.3, 0.4) is 0 Å². The lowest BCUT2D eigenvalue weighted by Crippen LogP contribution is -2.47. The number of methoxy groups -OCH3 is 1. The number of carbonyl (C=O) groups is 1. The van der Waals surface area contributed by atoms with E-state index in [9.17, 15) is 13.2 Å². The molecule has 0 aromatic heterocycles. The van der Waals surface area contributed by atoms with Gasteiger partial charge in [0.2, 0.25) is 0 Å². The molecular formula is C12H24N2O4S. The molecule has 1 heterocycles. The Morgan fingerprint density at radius 2 is 1.95 bits per heavy atom. The van der Waals surface area contributed by atoms with Gasteiger partial charge in [0, 0.05) is 26.7 Å². The van der Waals surface area contributed by atoms with Gasteiger partial charge in [-0.3, -0.25) is 4.79 Å². The Morgan fingerprint density at radius 3 is 2.42 bits per heavy atom. The van der Waals surface area contributed by atoms with Crippen molar-refractivity contribution in [3.05, 3.63) is 0 Å². The number of piperidine rings is 1. The first-order valence-corrected chi connectivity index (χ1v) is 7.98. The number of ether oxygens (including phenoxy) is 1. The molecule has 112 valence electrons. The van der Waals surface area contributed by atoms with Crippen molar-refractivity contribution in [3.8, 4) is 0 Å². The van der Waals surface area contributed by atoms with Crippen molar-refractivity contribution in [2.24, 2.45) is 11.8 Å². The Balaban J connectivity index is 2.64. The fourth-order valence-electron chi connectivity index (χ4n) is 2.17. The number of nitrogens with zero attached hydrogens (tertiary/aromatic N) is 2. The molecule has 0 amide bonds. The minimum absolute atomic E-state index is 0.140. The predicted molar refractivity (Wildman–Crippen MR) is 72.7 cm³/mol. The highest BCUT2D eigenvalue weighted by Gasteiger charge is 2.31. The quantitative estimate of drug-likeness (QED) is 0.700. The van der Waals surface area contributed by atoms with E-state index in [1.165, 1.54) is 22.8 Å². The van der Waals surface area contributed by atoms with Gasteiger partial charge in [0.1, 0.15) is 0 Å². The van der Waals surface area contributed by atoms with Gasteiger partial charge in [-0.2, -0.15) is 17.0 Å². The molecule has 0 spiro atoms. The average Bonchev–Trinajstić information content (AvgIpc) is 2.38. The third kappa shape index (κ3) is 4.15. The summed E-state index contributed by atoms with van der Waals surface area (Å²) in [5.74, 6) is -0.284. The molecule has 0 saturated carbocycles. The number of carbonyl (C=O) groups excluding carboxylic acids is 1. The van der Waals surface area contributed by atoms with Crippen LogP contribution in [0.1, 0.15) is 26.7 Å². The molecule has 1 rings (SSSR count). The molecule has 0 bridgehead atoms. The Bertz CT molecular complexity index is 402. The molecule has 19 heavy (non-hydrogen) atoms. The van der Waals surface area contributed by atoms with Gasteiger partial charge in [-0.05, 0) is 18.8 Å². The lowest BCUT2D eigenvalue weighted by atomic mass is 10.0. The van der Waals surface area contributed by atoms with E-state index in [0.29, 0.717) is 19.0 Å². The van der Waals surface area contributed by atoms with Crippen LogP contribution in [-0.2, 0) is 19.7 Å². The van der Waals surface area contributed by atoms with Crippen LogP contribution in [0.5, 0.6) is 0 Å². The SMILES string of the molecule is COC(=O)C(C)CN(C)S(=O)(=O)N1CCC(C)CC1. The van der Waals surface area contributed by atoms with Crippen LogP contribution in [0.25, 0.3) is 0 Å². The van der Waals surface area contributed by atoms with E-state index in [0.717, 1.165) is 12.8 Å². The summed E-state index contributed by atoms with van der Waals surface area (Å²) in [5.41, 5.74) is 0. The van der Waals surface area contributed by atoms with Gasteiger partial charge in [-0.1, -0.05) is 13.8 Å². The molecule has 0 aromatic rings. The highest BCUT2D eigenvalue weighted by molar-refractivity contribution is 7.86. The molecule has 0 aliphatic carbocycles. The van der Waals surface area contributed by atoms with Crippen molar-refractivity contribution in [2.75, 3.05) is 33.8 Å². The van der Waals surface area contributed by atoms with Gasteiger partial charge < -0.3 is 4.74 Å². The number of rotatable bonds is 5. The summed E-state index contributed by atoms with van der Waals surface area (Å²) in [4.78, 5) is 11.3. The minimum Gasteiger partial charge on any atom is -0.469 e. The standard InChI is InChI=1S/C12H24N2O4S/c1-10-5-7-14(8-6-10)19(16,17)13(3)9-11(2)12(15)18-4/h10-11H,5-9H2,1-4H3. The molecule has 6 nitrogen and oxygen atoms in total. The molecule has 1 saturated heterocycles. The van der Waals surface area contributed by atoms with Gasteiger partial charge >= 0.3 is 5.97 Å². The Hall–Kier alpha value is -0.660. The summed E-state index contributed by atoms with van der Waals surface area (Å²) in [6, 6.07) is 0. The fourth-order valence-corrected chi connectivity index (χ4v) is 3.65. The smallest absolute Gasteiger partial charge is 0.309 e. The maximum atomic E-state index is 12.3. The van der Waals surface area contributed by atoms with E-state index in [2.05, 4.69) is 11.7 Å². The van der Waals surface area contributed by atoms with Gasteiger partial charge in [-0.25, -0.2) is 0 Å². The summed E-state index contributed by atoms with van der Waals surface area (Å²) in [6.07, 6.45) is 1.78. The van der Waals surface area contributed by atoms with Crippen molar-refractivity contribution < 1.29 is 17.9 Å². The van der Waals surface area contributed by atoms with Crippen LogP contribution in [0, 0.1) is 11.8 Å². The molecule has 0 radical (unpaired) electrons. The fraction of sp³-hybridized carbons (Fsp3) is 0.917. The monoisotopic (exact) mass is 292 g/mol. The highest BCUT2D eigenvalue weighted by atomic mass is 32.2. The lowest BCUT2D eigenvalue weighted by molar-refractivity contribution is -0.145. The second kappa shape index (κ2) is 6.67. The molecule has 1 aliphatic rings. The number of esters is 1. The molecule has 1 unspecified atom stereocenters. The van der Waals surface area contributed by atoms with E-state index >= 15 is 0 Å². The van der Waals surface area contributed by atoms with Gasteiger partial charge in [0.05, 0.1) is 13.0 Å². The van der Waals surface area contributed by atoms with Gasteiger partial charge in [-0.15, -0.1) is 0 Å². The maximum absolute atomic E-state index is 12.3. The normalized spacial score (nSPS) is 20.5. The van der Waals surface area contributed by atoms with Crippen molar-refractivity contribution in [1.29, 1.82) is 0 Å². The molecular weight excluding hydrogens is 268 g/mol. The first kappa shape index (κ1) is 16.4. The summed E-state index contributed by atoms with van der Waals surface area (Å²) in [5, 5.41) is 0. The van der Waals surface area contributed by atoms with Crippen molar-refractivity contribution in [1.82, 2.24) is 8.61 Å². The number of hydrogen-bond donors (Lipinski definition) is 0. The predicted octanol–water partition coefficient (Wildman–Crippen LogP) is 0.704. The second-order valence-electron chi connectivity index (χ2n) is 5.29. The molecule has 0 aromatic carbocycles. The largest absolute Gasteiger partial charge is 0.469 e. The summed E-state index contributed by atoms with van der Waals surface area (Å²) < 4.78 is 32.0. The molecule has 7 heteroatoms. The summed E-state index contributed by atoms with van der Waals surface area (Å²) in [7, 11) is -0.652. The third-order valence-electron chi connectivity index (χ3n) is 3.60. The molecule has 1 aliphatic heterocycles. The maximum Gasteiger partial charge on any atom is 0.309 e. The van der Waals surface area contributed by atoms with Crippen LogP contribution in [0.15, 0.2) is 0 Å². The molecule has 1 fully saturated rings.